The van der Waals surface area contributed by atoms with E-state index in [0.29, 0.717) is 13.0 Å². The standard InChI is InChI=1S/C18H23FN2O3/c1-10-15-6-5-14(19)9-13(15)7-8-21(10)18(24)16(11(2)22)20-17(23)12-3-4-12/h5-6,9-12,16,22H,3-4,7-8H2,1-2H3,(H,20,23). The SMILES string of the molecule is CC(O)C(NC(=O)C1CC1)C(=O)N1CCc2cc(F)ccc2C1C. The molecule has 1 aromatic carbocycles. The lowest BCUT2D eigenvalue weighted by molar-refractivity contribution is -0.141. The van der Waals surface area contributed by atoms with Gasteiger partial charge in [-0.2, -0.15) is 0 Å². The molecule has 0 aromatic heterocycles. The van der Waals surface area contributed by atoms with E-state index in [0.717, 1.165) is 24.0 Å². The number of aliphatic hydroxyl groups is 1. The molecule has 2 aliphatic rings. The minimum Gasteiger partial charge on any atom is -0.391 e. The van der Waals surface area contributed by atoms with Gasteiger partial charge in [0.25, 0.3) is 0 Å². The fourth-order valence-electron chi connectivity index (χ4n) is 3.29. The van der Waals surface area contributed by atoms with Crippen LogP contribution in [0.1, 0.15) is 43.9 Å². The van der Waals surface area contributed by atoms with Crippen LogP contribution in [0.3, 0.4) is 0 Å². The summed E-state index contributed by atoms with van der Waals surface area (Å²) in [5, 5.41) is 12.7. The Balaban J connectivity index is 1.77. The molecule has 0 spiro atoms. The van der Waals surface area contributed by atoms with Gasteiger partial charge in [0, 0.05) is 12.5 Å². The molecule has 1 aromatic rings. The first kappa shape index (κ1) is 16.9. The van der Waals surface area contributed by atoms with Gasteiger partial charge in [-0.05, 0) is 56.4 Å². The molecule has 2 N–H and O–H groups in total. The summed E-state index contributed by atoms with van der Waals surface area (Å²) in [4.78, 5) is 26.5. The van der Waals surface area contributed by atoms with Crippen molar-refractivity contribution in [1.82, 2.24) is 10.2 Å². The van der Waals surface area contributed by atoms with Crippen LogP contribution in [-0.2, 0) is 16.0 Å². The number of amides is 2. The predicted molar refractivity (Wildman–Crippen MR) is 86.6 cm³/mol. The average molecular weight is 334 g/mol. The molecular weight excluding hydrogens is 311 g/mol. The molecule has 1 heterocycles. The number of benzene rings is 1. The smallest absolute Gasteiger partial charge is 0.248 e. The molecule has 130 valence electrons. The first-order chi connectivity index (χ1) is 11.4. The average Bonchev–Trinajstić information content (AvgIpc) is 3.36. The van der Waals surface area contributed by atoms with Crippen LogP contribution in [0.4, 0.5) is 4.39 Å². The minimum atomic E-state index is -0.970. The third kappa shape index (κ3) is 3.29. The maximum atomic E-state index is 13.4. The summed E-state index contributed by atoms with van der Waals surface area (Å²) in [5.41, 5.74) is 1.82. The first-order valence-electron chi connectivity index (χ1n) is 8.45. The molecule has 0 saturated heterocycles. The number of aliphatic hydroxyl groups excluding tert-OH is 1. The summed E-state index contributed by atoms with van der Waals surface area (Å²) in [5.74, 6) is -0.760. The van der Waals surface area contributed by atoms with Crippen LogP contribution < -0.4 is 5.32 Å². The van der Waals surface area contributed by atoms with E-state index in [9.17, 15) is 19.1 Å². The van der Waals surface area contributed by atoms with E-state index in [2.05, 4.69) is 5.32 Å². The number of nitrogens with one attached hydrogen (secondary N) is 1. The van der Waals surface area contributed by atoms with Crippen molar-refractivity contribution in [3.05, 3.63) is 35.1 Å². The third-order valence-electron chi connectivity index (χ3n) is 4.92. The fourth-order valence-corrected chi connectivity index (χ4v) is 3.29. The van der Waals surface area contributed by atoms with Crippen molar-refractivity contribution in [3.63, 3.8) is 0 Å². The Hall–Kier alpha value is -1.95. The lowest BCUT2D eigenvalue weighted by Crippen LogP contribution is -2.55. The van der Waals surface area contributed by atoms with Gasteiger partial charge in [0.2, 0.25) is 11.8 Å². The normalized spacial score (nSPS) is 22.5. The molecule has 1 saturated carbocycles. The summed E-state index contributed by atoms with van der Waals surface area (Å²) < 4.78 is 13.4. The Morgan fingerprint density at radius 2 is 2.08 bits per heavy atom. The molecule has 3 unspecified atom stereocenters. The molecule has 2 amide bonds. The molecule has 0 radical (unpaired) electrons. The van der Waals surface area contributed by atoms with Gasteiger partial charge in [-0.3, -0.25) is 9.59 Å². The zero-order valence-corrected chi connectivity index (χ0v) is 14.0. The maximum Gasteiger partial charge on any atom is 0.248 e. The number of halogens is 1. The Morgan fingerprint density at radius 1 is 1.38 bits per heavy atom. The molecule has 1 aliphatic heterocycles. The lowest BCUT2D eigenvalue weighted by Gasteiger charge is -2.38. The van der Waals surface area contributed by atoms with Crippen LogP contribution in [0, 0.1) is 11.7 Å². The molecular formula is C18H23FN2O3. The first-order valence-corrected chi connectivity index (χ1v) is 8.45. The zero-order chi connectivity index (χ0) is 17.4. The van der Waals surface area contributed by atoms with E-state index < -0.39 is 12.1 Å². The number of carbonyl (C=O) groups is 2. The summed E-state index contributed by atoms with van der Waals surface area (Å²) in [6.07, 6.45) is 1.27. The maximum absolute atomic E-state index is 13.4. The van der Waals surface area contributed by atoms with E-state index >= 15 is 0 Å². The third-order valence-corrected chi connectivity index (χ3v) is 4.92. The Morgan fingerprint density at radius 3 is 2.71 bits per heavy atom. The zero-order valence-electron chi connectivity index (χ0n) is 14.0. The fraction of sp³-hybridized carbons (Fsp3) is 0.556. The Kier molecular flexibility index (Phi) is 4.58. The highest BCUT2D eigenvalue weighted by Crippen LogP contribution is 2.31. The molecule has 1 aliphatic carbocycles. The molecule has 6 heteroatoms. The minimum absolute atomic E-state index is 0.0264. The van der Waals surface area contributed by atoms with E-state index in [1.807, 2.05) is 6.92 Å². The van der Waals surface area contributed by atoms with Crippen LogP contribution in [0.25, 0.3) is 0 Å². The molecule has 3 rings (SSSR count). The van der Waals surface area contributed by atoms with Crippen LogP contribution in [0.5, 0.6) is 0 Å². The van der Waals surface area contributed by atoms with Crippen LogP contribution in [0.15, 0.2) is 18.2 Å². The summed E-state index contributed by atoms with van der Waals surface area (Å²) in [6.45, 7) is 3.84. The highest BCUT2D eigenvalue weighted by atomic mass is 19.1. The van der Waals surface area contributed by atoms with Gasteiger partial charge >= 0.3 is 0 Å². The Bertz CT molecular complexity index is 658. The number of fused-ring (bicyclic) bond motifs is 1. The van der Waals surface area contributed by atoms with Crippen molar-refractivity contribution in [2.75, 3.05) is 6.54 Å². The van der Waals surface area contributed by atoms with E-state index in [1.54, 1.807) is 11.0 Å². The second kappa shape index (κ2) is 6.51. The number of carbonyl (C=O) groups excluding carboxylic acids is 2. The quantitative estimate of drug-likeness (QED) is 0.878. The highest BCUT2D eigenvalue weighted by molar-refractivity contribution is 5.90. The van der Waals surface area contributed by atoms with Crippen molar-refractivity contribution < 1.29 is 19.1 Å². The topological polar surface area (TPSA) is 69.6 Å². The van der Waals surface area contributed by atoms with Gasteiger partial charge in [-0.25, -0.2) is 4.39 Å². The van der Waals surface area contributed by atoms with Crippen LogP contribution in [-0.4, -0.2) is 40.5 Å². The number of rotatable bonds is 4. The molecule has 24 heavy (non-hydrogen) atoms. The van der Waals surface area contributed by atoms with E-state index in [-0.39, 0.29) is 29.6 Å². The monoisotopic (exact) mass is 334 g/mol. The number of hydrogen-bond acceptors (Lipinski definition) is 3. The van der Waals surface area contributed by atoms with E-state index in [4.69, 9.17) is 0 Å². The van der Waals surface area contributed by atoms with Crippen molar-refractivity contribution in [2.24, 2.45) is 5.92 Å². The van der Waals surface area contributed by atoms with Crippen molar-refractivity contribution >= 4 is 11.8 Å². The van der Waals surface area contributed by atoms with Gasteiger partial charge < -0.3 is 15.3 Å². The number of hydrogen-bond donors (Lipinski definition) is 2. The number of nitrogens with zero attached hydrogens (tertiary/aromatic N) is 1. The summed E-state index contributed by atoms with van der Waals surface area (Å²) >= 11 is 0. The van der Waals surface area contributed by atoms with Crippen LogP contribution >= 0.6 is 0 Å². The van der Waals surface area contributed by atoms with Crippen molar-refractivity contribution in [3.8, 4) is 0 Å². The van der Waals surface area contributed by atoms with E-state index in [1.165, 1.54) is 19.1 Å². The predicted octanol–water partition coefficient (Wildman–Crippen LogP) is 1.55. The second-order valence-corrected chi connectivity index (χ2v) is 6.80. The van der Waals surface area contributed by atoms with Gasteiger partial charge in [-0.15, -0.1) is 0 Å². The van der Waals surface area contributed by atoms with Gasteiger partial charge in [0.1, 0.15) is 11.9 Å². The molecule has 5 nitrogen and oxygen atoms in total. The van der Waals surface area contributed by atoms with Crippen molar-refractivity contribution in [2.45, 2.75) is 51.3 Å². The van der Waals surface area contributed by atoms with Crippen LogP contribution in [0.2, 0.25) is 0 Å². The summed E-state index contributed by atoms with van der Waals surface area (Å²) in [7, 11) is 0. The molecule has 0 bridgehead atoms. The largest absolute Gasteiger partial charge is 0.391 e. The van der Waals surface area contributed by atoms with Crippen molar-refractivity contribution in [1.29, 1.82) is 0 Å². The second-order valence-electron chi connectivity index (χ2n) is 6.80. The van der Waals surface area contributed by atoms with Gasteiger partial charge in [0.05, 0.1) is 12.1 Å². The molecule has 1 fully saturated rings. The highest BCUT2D eigenvalue weighted by Gasteiger charge is 2.38. The van der Waals surface area contributed by atoms with Gasteiger partial charge in [0.15, 0.2) is 0 Å². The van der Waals surface area contributed by atoms with Gasteiger partial charge in [-0.1, -0.05) is 6.07 Å². The summed E-state index contributed by atoms with van der Waals surface area (Å²) in [6, 6.07) is 3.44. The Labute approximate surface area is 140 Å². The molecule has 3 atom stereocenters. The lowest BCUT2D eigenvalue weighted by atomic mass is 9.92.